The molecule has 21 heavy (non-hydrogen) atoms. The van der Waals surface area contributed by atoms with Gasteiger partial charge in [0.05, 0.1) is 5.69 Å². The smallest absolute Gasteiger partial charge is 0.185 e. The standard InChI is InChI=1S/C17H15N3O/c1-19-15(9-10-18-19)7-8-17(21)14-5-4-6-16(13-14)20-11-2-3-12-20/h2-13H,1H3/b8-7+. The van der Waals surface area contributed by atoms with Crippen molar-refractivity contribution >= 4 is 11.9 Å². The Morgan fingerprint density at radius 1 is 1.14 bits per heavy atom. The van der Waals surface area contributed by atoms with Crippen molar-refractivity contribution in [2.45, 2.75) is 0 Å². The molecule has 0 fully saturated rings. The van der Waals surface area contributed by atoms with Crippen molar-refractivity contribution < 1.29 is 4.79 Å². The lowest BCUT2D eigenvalue weighted by Crippen LogP contribution is -1.98. The maximum atomic E-state index is 12.2. The van der Waals surface area contributed by atoms with E-state index in [2.05, 4.69) is 5.10 Å². The number of hydrogen-bond acceptors (Lipinski definition) is 2. The highest BCUT2D eigenvalue weighted by molar-refractivity contribution is 6.07. The van der Waals surface area contributed by atoms with Crippen LogP contribution in [-0.2, 0) is 7.05 Å². The summed E-state index contributed by atoms with van der Waals surface area (Å²) in [6, 6.07) is 13.3. The van der Waals surface area contributed by atoms with Crippen molar-refractivity contribution in [2.24, 2.45) is 7.05 Å². The zero-order chi connectivity index (χ0) is 14.7. The fourth-order valence-electron chi connectivity index (χ4n) is 2.13. The Morgan fingerprint density at radius 2 is 1.95 bits per heavy atom. The summed E-state index contributed by atoms with van der Waals surface area (Å²) in [5.41, 5.74) is 2.53. The topological polar surface area (TPSA) is 39.8 Å². The minimum absolute atomic E-state index is 0.0230. The molecule has 0 saturated carbocycles. The molecule has 0 saturated heterocycles. The van der Waals surface area contributed by atoms with Crippen molar-refractivity contribution in [3.63, 3.8) is 0 Å². The molecule has 2 aromatic heterocycles. The van der Waals surface area contributed by atoms with Crippen LogP contribution in [0.1, 0.15) is 16.1 Å². The third kappa shape index (κ3) is 2.84. The first kappa shape index (κ1) is 13.1. The molecule has 0 bridgehead atoms. The SMILES string of the molecule is Cn1nccc1/C=C/C(=O)c1cccc(-n2cccc2)c1. The fourth-order valence-corrected chi connectivity index (χ4v) is 2.13. The lowest BCUT2D eigenvalue weighted by atomic mass is 10.1. The van der Waals surface area contributed by atoms with E-state index in [0.717, 1.165) is 11.4 Å². The summed E-state index contributed by atoms with van der Waals surface area (Å²) in [6.07, 6.45) is 8.96. The highest BCUT2D eigenvalue weighted by Gasteiger charge is 2.04. The molecule has 0 unspecified atom stereocenters. The Hall–Kier alpha value is -2.88. The Balaban J connectivity index is 1.84. The number of ketones is 1. The summed E-state index contributed by atoms with van der Waals surface area (Å²) in [5, 5.41) is 4.07. The van der Waals surface area contributed by atoms with Crippen molar-refractivity contribution in [3.05, 3.63) is 78.4 Å². The molecule has 0 aliphatic heterocycles. The van der Waals surface area contributed by atoms with Crippen molar-refractivity contribution in [2.75, 3.05) is 0 Å². The first-order valence-electron chi connectivity index (χ1n) is 6.68. The predicted octanol–water partition coefficient (Wildman–Crippen LogP) is 3.11. The van der Waals surface area contributed by atoms with E-state index < -0.39 is 0 Å². The van der Waals surface area contributed by atoms with E-state index in [4.69, 9.17) is 0 Å². The van der Waals surface area contributed by atoms with Crippen LogP contribution in [0.4, 0.5) is 0 Å². The summed E-state index contributed by atoms with van der Waals surface area (Å²) in [4.78, 5) is 12.2. The minimum Gasteiger partial charge on any atom is -0.324 e. The monoisotopic (exact) mass is 277 g/mol. The van der Waals surface area contributed by atoms with Gasteiger partial charge < -0.3 is 4.57 Å². The van der Waals surface area contributed by atoms with Crippen LogP contribution >= 0.6 is 0 Å². The molecule has 4 heteroatoms. The summed E-state index contributed by atoms with van der Waals surface area (Å²) in [6.45, 7) is 0. The maximum Gasteiger partial charge on any atom is 0.185 e. The van der Waals surface area contributed by atoms with E-state index in [1.54, 1.807) is 23.0 Å². The number of nitrogens with zero attached hydrogens (tertiary/aromatic N) is 3. The van der Waals surface area contributed by atoms with Crippen LogP contribution in [-0.4, -0.2) is 20.1 Å². The van der Waals surface area contributed by atoms with Gasteiger partial charge in [-0.05, 0) is 42.5 Å². The Bertz CT molecular complexity index is 782. The van der Waals surface area contributed by atoms with Gasteiger partial charge in [0, 0.05) is 36.9 Å². The number of allylic oxidation sites excluding steroid dienone is 1. The van der Waals surface area contributed by atoms with Crippen LogP contribution in [0.2, 0.25) is 0 Å². The summed E-state index contributed by atoms with van der Waals surface area (Å²) < 4.78 is 3.70. The average molecular weight is 277 g/mol. The van der Waals surface area contributed by atoms with Gasteiger partial charge in [0.1, 0.15) is 0 Å². The lowest BCUT2D eigenvalue weighted by Gasteiger charge is -2.04. The van der Waals surface area contributed by atoms with Crippen molar-refractivity contribution in [1.29, 1.82) is 0 Å². The average Bonchev–Trinajstić information content (AvgIpc) is 3.16. The molecule has 1 aromatic carbocycles. The molecule has 4 nitrogen and oxygen atoms in total. The summed E-state index contributed by atoms with van der Waals surface area (Å²) >= 11 is 0. The number of benzene rings is 1. The molecular weight excluding hydrogens is 262 g/mol. The molecule has 0 spiro atoms. The fraction of sp³-hybridized carbons (Fsp3) is 0.0588. The van der Waals surface area contributed by atoms with Crippen LogP contribution < -0.4 is 0 Å². The Labute approximate surface area is 123 Å². The second-order valence-corrected chi connectivity index (χ2v) is 4.72. The minimum atomic E-state index is -0.0230. The van der Waals surface area contributed by atoms with Gasteiger partial charge in [0.15, 0.2) is 5.78 Å². The molecule has 0 aliphatic carbocycles. The first-order valence-corrected chi connectivity index (χ1v) is 6.68. The number of carbonyl (C=O) groups excluding carboxylic acids is 1. The van der Waals surface area contributed by atoms with Crippen molar-refractivity contribution in [3.8, 4) is 5.69 Å². The number of rotatable bonds is 4. The van der Waals surface area contributed by atoms with E-state index >= 15 is 0 Å². The lowest BCUT2D eigenvalue weighted by molar-refractivity contribution is 0.104. The molecule has 104 valence electrons. The zero-order valence-electron chi connectivity index (χ0n) is 11.7. The highest BCUT2D eigenvalue weighted by atomic mass is 16.1. The van der Waals surface area contributed by atoms with E-state index in [0.29, 0.717) is 5.56 Å². The van der Waals surface area contributed by atoms with Crippen LogP contribution in [0.5, 0.6) is 0 Å². The summed E-state index contributed by atoms with van der Waals surface area (Å²) in [5.74, 6) is -0.0230. The first-order chi connectivity index (χ1) is 10.2. The van der Waals surface area contributed by atoms with E-state index in [1.165, 1.54) is 0 Å². The van der Waals surface area contributed by atoms with Crippen LogP contribution in [0, 0.1) is 0 Å². The van der Waals surface area contributed by atoms with E-state index in [1.807, 2.05) is 66.5 Å². The van der Waals surface area contributed by atoms with Gasteiger partial charge in [-0.2, -0.15) is 5.10 Å². The zero-order valence-corrected chi connectivity index (χ0v) is 11.7. The van der Waals surface area contributed by atoms with Crippen LogP contribution in [0.3, 0.4) is 0 Å². The quantitative estimate of drug-likeness (QED) is 0.543. The Kier molecular flexibility index (Phi) is 3.51. The predicted molar refractivity (Wildman–Crippen MR) is 82.3 cm³/mol. The van der Waals surface area contributed by atoms with Gasteiger partial charge in [0.25, 0.3) is 0 Å². The van der Waals surface area contributed by atoms with Gasteiger partial charge in [0.2, 0.25) is 0 Å². The molecule has 0 amide bonds. The maximum absolute atomic E-state index is 12.2. The van der Waals surface area contributed by atoms with Gasteiger partial charge in [-0.1, -0.05) is 12.1 Å². The molecule has 2 heterocycles. The second-order valence-electron chi connectivity index (χ2n) is 4.72. The number of aromatic nitrogens is 3. The van der Waals surface area contributed by atoms with E-state index in [-0.39, 0.29) is 5.78 Å². The third-order valence-corrected chi connectivity index (χ3v) is 3.30. The molecular formula is C17H15N3O. The molecule has 0 radical (unpaired) electrons. The van der Waals surface area contributed by atoms with Gasteiger partial charge in [-0.15, -0.1) is 0 Å². The van der Waals surface area contributed by atoms with Crippen LogP contribution in [0.15, 0.2) is 67.1 Å². The highest BCUT2D eigenvalue weighted by Crippen LogP contribution is 2.12. The van der Waals surface area contributed by atoms with Gasteiger partial charge >= 0.3 is 0 Å². The molecule has 3 aromatic rings. The second kappa shape index (κ2) is 5.63. The third-order valence-electron chi connectivity index (χ3n) is 3.30. The van der Waals surface area contributed by atoms with Crippen LogP contribution in [0.25, 0.3) is 11.8 Å². The number of aryl methyl sites for hydroxylation is 1. The van der Waals surface area contributed by atoms with E-state index in [9.17, 15) is 4.79 Å². The van der Waals surface area contributed by atoms with Gasteiger partial charge in [-0.25, -0.2) is 0 Å². The molecule has 3 rings (SSSR count). The molecule has 0 aliphatic rings. The number of carbonyl (C=O) groups is 1. The normalized spacial score (nSPS) is 11.1. The largest absolute Gasteiger partial charge is 0.324 e. The molecule has 0 atom stereocenters. The summed E-state index contributed by atoms with van der Waals surface area (Å²) in [7, 11) is 1.84. The van der Waals surface area contributed by atoms with Crippen molar-refractivity contribution in [1.82, 2.24) is 14.3 Å². The number of hydrogen-bond donors (Lipinski definition) is 0. The van der Waals surface area contributed by atoms with Gasteiger partial charge in [-0.3, -0.25) is 9.48 Å². The molecule has 0 N–H and O–H groups in total. The Morgan fingerprint density at radius 3 is 2.67 bits per heavy atom.